The summed E-state index contributed by atoms with van der Waals surface area (Å²) in [6.07, 6.45) is 2.72. The van der Waals surface area contributed by atoms with E-state index >= 15 is 0 Å². The fourth-order valence-corrected chi connectivity index (χ4v) is 4.04. The molecule has 0 saturated carbocycles. The maximum Gasteiger partial charge on any atom is 0.229 e. The van der Waals surface area contributed by atoms with Gasteiger partial charge in [-0.2, -0.15) is 0 Å². The van der Waals surface area contributed by atoms with Crippen LogP contribution in [0.15, 0.2) is 48.5 Å². The van der Waals surface area contributed by atoms with Gasteiger partial charge >= 0.3 is 0 Å². The standard InChI is InChI=1S/C23H28N2O2/c1-4-16-12-9-13-17(5-2)21(16)24-23(27)19-14-15-20(26)25(3)22(19)18-10-7-6-8-11-18/h6-13,19,22H,4-5,14-15H2,1-3H3,(H,24,27)/t19-,22-/m1/s1. The maximum atomic E-state index is 13.3. The smallest absolute Gasteiger partial charge is 0.229 e. The average Bonchev–Trinajstić information content (AvgIpc) is 2.70. The van der Waals surface area contributed by atoms with Gasteiger partial charge in [0, 0.05) is 19.2 Å². The largest absolute Gasteiger partial charge is 0.338 e. The monoisotopic (exact) mass is 364 g/mol. The van der Waals surface area contributed by atoms with Gasteiger partial charge in [0.1, 0.15) is 0 Å². The van der Waals surface area contributed by atoms with Crippen molar-refractivity contribution in [1.29, 1.82) is 0 Å². The molecule has 0 aromatic heterocycles. The molecule has 2 aromatic carbocycles. The molecule has 2 amide bonds. The van der Waals surface area contributed by atoms with Crippen LogP contribution in [0.5, 0.6) is 0 Å². The SMILES string of the molecule is CCc1cccc(CC)c1NC(=O)[C@@H]1CCC(=O)N(C)[C@@H]1c1ccccc1. The van der Waals surface area contributed by atoms with E-state index in [2.05, 4.69) is 31.3 Å². The van der Waals surface area contributed by atoms with Crippen LogP contribution in [0.25, 0.3) is 0 Å². The summed E-state index contributed by atoms with van der Waals surface area (Å²) in [6.45, 7) is 4.20. The minimum atomic E-state index is -0.260. The van der Waals surface area contributed by atoms with Gasteiger partial charge in [-0.15, -0.1) is 0 Å². The number of likely N-dealkylation sites (tertiary alicyclic amines) is 1. The molecule has 3 rings (SSSR count). The third-order valence-corrected chi connectivity index (χ3v) is 5.59. The second kappa shape index (κ2) is 8.38. The zero-order valence-electron chi connectivity index (χ0n) is 16.4. The van der Waals surface area contributed by atoms with Gasteiger partial charge in [-0.1, -0.05) is 62.4 Å². The van der Waals surface area contributed by atoms with Gasteiger partial charge < -0.3 is 10.2 Å². The number of aryl methyl sites for hydroxylation is 2. The van der Waals surface area contributed by atoms with E-state index < -0.39 is 0 Å². The molecule has 1 N–H and O–H groups in total. The zero-order chi connectivity index (χ0) is 19.4. The quantitative estimate of drug-likeness (QED) is 0.857. The Labute approximate surface area is 161 Å². The molecule has 1 saturated heterocycles. The van der Waals surface area contributed by atoms with Crippen molar-refractivity contribution in [3.8, 4) is 0 Å². The lowest BCUT2D eigenvalue weighted by atomic mass is 9.83. The maximum absolute atomic E-state index is 13.3. The number of anilines is 1. The van der Waals surface area contributed by atoms with Crippen LogP contribution < -0.4 is 5.32 Å². The number of nitrogens with one attached hydrogen (secondary N) is 1. The molecule has 27 heavy (non-hydrogen) atoms. The third kappa shape index (κ3) is 3.90. The Hall–Kier alpha value is -2.62. The van der Waals surface area contributed by atoms with E-state index in [1.165, 1.54) is 0 Å². The van der Waals surface area contributed by atoms with E-state index in [1.807, 2.05) is 36.4 Å². The van der Waals surface area contributed by atoms with Crippen molar-refractivity contribution < 1.29 is 9.59 Å². The van der Waals surface area contributed by atoms with E-state index in [4.69, 9.17) is 0 Å². The van der Waals surface area contributed by atoms with Crippen molar-refractivity contribution in [1.82, 2.24) is 4.90 Å². The van der Waals surface area contributed by atoms with Crippen molar-refractivity contribution in [2.75, 3.05) is 12.4 Å². The van der Waals surface area contributed by atoms with E-state index in [0.29, 0.717) is 12.8 Å². The number of carbonyl (C=O) groups excluding carboxylic acids is 2. The van der Waals surface area contributed by atoms with Crippen LogP contribution in [0.3, 0.4) is 0 Å². The Balaban J connectivity index is 1.92. The summed E-state index contributed by atoms with van der Waals surface area (Å²) in [4.78, 5) is 27.3. The summed E-state index contributed by atoms with van der Waals surface area (Å²) in [5, 5.41) is 3.21. The first-order chi connectivity index (χ1) is 13.1. The lowest BCUT2D eigenvalue weighted by molar-refractivity contribution is -0.140. The van der Waals surface area contributed by atoms with E-state index in [0.717, 1.165) is 35.2 Å². The highest BCUT2D eigenvalue weighted by Gasteiger charge is 2.39. The summed E-state index contributed by atoms with van der Waals surface area (Å²) in [7, 11) is 1.80. The number of carbonyl (C=O) groups is 2. The number of para-hydroxylation sites is 1. The summed E-state index contributed by atoms with van der Waals surface area (Å²) in [6, 6.07) is 15.8. The molecule has 142 valence electrons. The van der Waals surface area contributed by atoms with Crippen LogP contribution in [0.4, 0.5) is 5.69 Å². The molecule has 4 nitrogen and oxygen atoms in total. The molecule has 1 aliphatic rings. The molecule has 1 fully saturated rings. The molecule has 1 aliphatic heterocycles. The minimum absolute atomic E-state index is 0.00111. The number of piperidine rings is 1. The number of hydrogen-bond donors (Lipinski definition) is 1. The number of hydrogen-bond acceptors (Lipinski definition) is 2. The second-order valence-corrected chi connectivity index (χ2v) is 7.15. The lowest BCUT2D eigenvalue weighted by Gasteiger charge is -2.38. The predicted molar refractivity (Wildman–Crippen MR) is 109 cm³/mol. The Bertz CT molecular complexity index is 794. The highest BCUT2D eigenvalue weighted by molar-refractivity contribution is 5.96. The fraction of sp³-hybridized carbons (Fsp3) is 0.391. The van der Waals surface area contributed by atoms with Crippen molar-refractivity contribution in [3.63, 3.8) is 0 Å². The summed E-state index contributed by atoms with van der Waals surface area (Å²) < 4.78 is 0. The topological polar surface area (TPSA) is 49.4 Å². The molecule has 0 spiro atoms. The Morgan fingerprint density at radius 2 is 1.67 bits per heavy atom. The van der Waals surface area contributed by atoms with Crippen molar-refractivity contribution in [2.24, 2.45) is 5.92 Å². The number of benzene rings is 2. The number of amides is 2. The Morgan fingerprint density at radius 3 is 2.26 bits per heavy atom. The number of nitrogens with zero attached hydrogens (tertiary/aromatic N) is 1. The highest BCUT2D eigenvalue weighted by Crippen LogP contribution is 2.37. The molecule has 0 unspecified atom stereocenters. The van der Waals surface area contributed by atoms with Crippen LogP contribution in [-0.4, -0.2) is 23.8 Å². The fourth-order valence-electron chi connectivity index (χ4n) is 4.04. The van der Waals surface area contributed by atoms with Crippen molar-refractivity contribution in [3.05, 3.63) is 65.2 Å². The number of rotatable bonds is 5. The van der Waals surface area contributed by atoms with Crippen LogP contribution in [0, 0.1) is 5.92 Å². The van der Waals surface area contributed by atoms with Crippen LogP contribution in [0.1, 0.15) is 49.4 Å². The van der Waals surface area contributed by atoms with Crippen molar-refractivity contribution >= 4 is 17.5 Å². The third-order valence-electron chi connectivity index (χ3n) is 5.59. The summed E-state index contributed by atoms with van der Waals surface area (Å²) in [5.41, 5.74) is 4.25. The first-order valence-corrected chi connectivity index (χ1v) is 9.79. The molecule has 0 radical (unpaired) electrons. The van der Waals surface area contributed by atoms with Gasteiger partial charge in [0.2, 0.25) is 11.8 Å². The first kappa shape index (κ1) is 19.2. The Morgan fingerprint density at radius 1 is 1.04 bits per heavy atom. The second-order valence-electron chi connectivity index (χ2n) is 7.15. The normalized spacial score (nSPS) is 19.8. The zero-order valence-corrected chi connectivity index (χ0v) is 16.4. The molecule has 0 bridgehead atoms. The molecule has 2 atom stereocenters. The molecular weight excluding hydrogens is 336 g/mol. The van der Waals surface area contributed by atoms with E-state index in [1.54, 1.807) is 11.9 Å². The summed E-state index contributed by atoms with van der Waals surface area (Å²) >= 11 is 0. The van der Waals surface area contributed by atoms with E-state index in [9.17, 15) is 9.59 Å². The van der Waals surface area contributed by atoms with Crippen LogP contribution in [-0.2, 0) is 22.4 Å². The van der Waals surface area contributed by atoms with Gasteiger partial charge in [0.25, 0.3) is 0 Å². The molecule has 2 aromatic rings. The molecular formula is C23H28N2O2. The van der Waals surface area contributed by atoms with Gasteiger partial charge in [-0.3, -0.25) is 9.59 Å². The van der Waals surface area contributed by atoms with Gasteiger partial charge in [-0.05, 0) is 36.0 Å². The lowest BCUT2D eigenvalue weighted by Crippen LogP contribution is -2.44. The van der Waals surface area contributed by atoms with E-state index in [-0.39, 0.29) is 23.8 Å². The van der Waals surface area contributed by atoms with Gasteiger partial charge in [0.05, 0.1) is 12.0 Å². The molecule has 4 heteroatoms. The first-order valence-electron chi connectivity index (χ1n) is 9.79. The van der Waals surface area contributed by atoms with Gasteiger partial charge in [-0.25, -0.2) is 0 Å². The minimum Gasteiger partial charge on any atom is -0.338 e. The van der Waals surface area contributed by atoms with Crippen LogP contribution in [0.2, 0.25) is 0 Å². The van der Waals surface area contributed by atoms with Crippen molar-refractivity contribution in [2.45, 2.75) is 45.6 Å². The highest BCUT2D eigenvalue weighted by atomic mass is 16.2. The van der Waals surface area contributed by atoms with Crippen LogP contribution >= 0.6 is 0 Å². The molecule has 0 aliphatic carbocycles. The molecule has 1 heterocycles. The predicted octanol–water partition coefficient (Wildman–Crippen LogP) is 4.36. The van der Waals surface area contributed by atoms with Gasteiger partial charge in [0.15, 0.2) is 0 Å². The Kier molecular flexibility index (Phi) is 5.94. The average molecular weight is 364 g/mol. The summed E-state index contributed by atoms with van der Waals surface area (Å²) in [5.74, 6) is -0.167.